The monoisotopic (exact) mass is 256 g/mol. The highest BCUT2D eigenvalue weighted by Crippen LogP contribution is 2.32. The topological polar surface area (TPSA) is 26.3 Å². The number of carbonyl (C=O) groups excluding carboxylic acids is 1. The van der Waals surface area contributed by atoms with E-state index in [0.29, 0.717) is 11.5 Å². The lowest BCUT2D eigenvalue weighted by Crippen LogP contribution is -2.13. The molecule has 2 nitrogen and oxygen atoms in total. The Morgan fingerprint density at radius 3 is 2.53 bits per heavy atom. The fourth-order valence-electron chi connectivity index (χ4n) is 1.89. The fraction of sp³-hybridized carbons (Fsp3) is 0.562. The van der Waals surface area contributed by atoms with E-state index in [2.05, 4.69) is 20.8 Å². The van der Waals surface area contributed by atoms with Gasteiger partial charge in [-0.05, 0) is 54.3 Å². The molecule has 1 aliphatic carbocycles. The van der Waals surface area contributed by atoms with Crippen molar-refractivity contribution in [2.45, 2.75) is 45.3 Å². The molecule has 0 heterocycles. The van der Waals surface area contributed by atoms with Crippen molar-refractivity contribution >= 4 is 13.6 Å². The summed E-state index contributed by atoms with van der Waals surface area (Å²) in [4.78, 5) is 11.8. The molecule has 0 aliphatic heterocycles. The van der Waals surface area contributed by atoms with Gasteiger partial charge in [0.2, 0.25) is 0 Å². The van der Waals surface area contributed by atoms with Crippen LogP contribution in [0.25, 0.3) is 0 Å². The van der Waals surface area contributed by atoms with Crippen LogP contribution >= 0.6 is 0 Å². The number of Topliss-reactive ketones (excluding diaryl/α,β-unsaturated/α-hetero) is 1. The third-order valence-electron chi connectivity index (χ3n) is 3.46. The minimum absolute atomic E-state index is 0.0113. The highest BCUT2D eigenvalue weighted by atomic mass is 16.5. The molecule has 0 spiro atoms. The van der Waals surface area contributed by atoms with E-state index in [4.69, 9.17) is 12.6 Å². The summed E-state index contributed by atoms with van der Waals surface area (Å²) in [6.07, 6.45) is 2.55. The smallest absolute Gasteiger partial charge is 0.154 e. The van der Waals surface area contributed by atoms with Gasteiger partial charge in [0.1, 0.15) is 5.75 Å². The first-order valence-electron chi connectivity index (χ1n) is 6.92. The Labute approximate surface area is 117 Å². The SMILES string of the molecule is [B]CC(=O)c1cc(OCC2CC2)cc(C(C)(C)C)c1. The number of hydrogen-bond donors (Lipinski definition) is 0. The third-order valence-corrected chi connectivity index (χ3v) is 3.46. The highest BCUT2D eigenvalue weighted by Gasteiger charge is 2.23. The van der Waals surface area contributed by atoms with E-state index < -0.39 is 0 Å². The molecule has 0 bridgehead atoms. The first-order valence-corrected chi connectivity index (χ1v) is 6.92. The molecule has 0 aromatic heterocycles. The molecule has 2 rings (SSSR count). The molecule has 0 N–H and O–H groups in total. The summed E-state index contributed by atoms with van der Waals surface area (Å²) >= 11 is 0. The van der Waals surface area contributed by atoms with Crippen LogP contribution in [0.3, 0.4) is 0 Å². The Hall–Kier alpha value is -1.25. The van der Waals surface area contributed by atoms with E-state index in [-0.39, 0.29) is 17.5 Å². The maximum Gasteiger partial charge on any atom is 0.154 e. The first kappa shape index (κ1) is 14.2. The zero-order valence-corrected chi connectivity index (χ0v) is 12.0. The average Bonchev–Trinajstić information content (AvgIpc) is 3.18. The second kappa shape index (κ2) is 5.40. The van der Waals surface area contributed by atoms with Gasteiger partial charge in [-0.25, -0.2) is 0 Å². The molecule has 0 amide bonds. The van der Waals surface area contributed by atoms with Crippen molar-refractivity contribution in [2.24, 2.45) is 5.92 Å². The number of ketones is 1. The Balaban J connectivity index is 2.27. The predicted molar refractivity (Wildman–Crippen MR) is 78.3 cm³/mol. The summed E-state index contributed by atoms with van der Waals surface area (Å²) in [6.45, 7) is 7.14. The van der Waals surface area contributed by atoms with Gasteiger partial charge < -0.3 is 4.74 Å². The Morgan fingerprint density at radius 1 is 1.32 bits per heavy atom. The molecular weight excluding hydrogens is 235 g/mol. The molecule has 1 aromatic carbocycles. The minimum Gasteiger partial charge on any atom is -0.493 e. The van der Waals surface area contributed by atoms with Gasteiger partial charge in [-0.3, -0.25) is 4.79 Å². The van der Waals surface area contributed by atoms with E-state index in [1.807, 2.05) is 18.2 Å². The molecule has 19 heavy (non-hydrogen) atoms. The zero-order valence-electron chi connectivity index (χ0n) is 12.0. The van der Waals surface area contributed by atoms with Crippen molar-refractivity contribution in [1.82, 2.24) is 0 Å². The molecular formula is C16H21BO2. The average molecular weight is 256 g/mol. The standard InChI is InChI=1S/C16H21BO2/c1-16(2,3)13-6-12(15(18)9-17)7-14(8-13)19-10-11-4-5-11/h6-8,11H,4-5,9-10H2,1-3H3. The van der Waals surface area contributed by atoms with Gasteiger partial charge >= 0.3 is 0 Å². The van der Waals surface area contributed by atoms with Crippen molar-refractivity contribution in [2.75, 3.05) is 6.61 Å². The molecule has 100 valence electrons. The van der Waals surface area contributed by atoms with Crippen molar-refractivity contribution < 1.29 is 9.53 Å². The largest absolute Gasteiger partial charge is 0.493 e. The van der Waals surface area contributed by atoms with Gasteiger partial charge in [0.15, 0.2) is 5.78 Å². The number of benzene rings is 1. The second-order valence-electron chi connectivity index (χ2n) is 6.38. The summed E-state index contributed by atoms with van der Waals surface area (Å²) < 4.78 is 5.81. The van der Waals surface area contributed by atoms with Gasteiger partial charge in [-0.1, -0.05) is 20.8 Å². The van der Waals surface area contributed by atoms with Gasteiger partial charge in [0, 0.05) is 5.56 Å². The Morgan fingerprint density at radius 2 is 2.00 bits per heavy atom. The lowest BCUT2D eigenvalue weighted by Gasteiger charge is -2.21. The van der Waals surface area contributed by atoms with Crippen LogP contribution in [0.5, 0.6) is 5.75 Å². The quantitative estimate of drug-likeness (QED) is 0.595. The molecule has 2 radical (unpaired) electrons. The van der Waals surface area contributed by atoms with Crippen molar-refractivity contribution in [1.29, 1.82) is 0 Å². The zero-order chi connectivity index (χ0) is 14.0. The lowest BCUT2D eigenvalue weighted by molar-refractivity contribution is 0.101. The normalized spacial score (nSPS) is 15.3. The summed E-state index contributed by atoms with van der Waals surface area (Å²) in [5.41, 5.74) is 1.75. The van der Waals surface area contributed by atoms with E-state index in [9.17, 15) is 4.79 Å². The maximum atomic E-state index is 11.8. The molecule has 3 heteroatoms. The summed E-state index contributed by atoms with van der Waals surface area (Å²) in [5.74, 6) is 1.45. The lowest BCUT2D eigenvalue weighted by atomic mass is 9.84. The van der Waals surface area contributed by atoms with Crippen molar-refractivity contribution in [3.8, 4) is 5.75 Å². The Kier molecular flexibility index (Phi) is 4.03. The van der Waals surface area contributed by atoms with Crippen LogP contribution in [0, 0.1) is 5.92 Å². The van der Waals surface area contributed by atoms with Crippen LogP contribution in [-0.2, 0) is 5.41 Å². The molecule has 0 atom stereocenters. The van der Waals surface area contributed by atoms with E-state index in [0.717, 1.165) is 17.9 Å². The second-order valence-corrected chi connectivity index (χ2v) is 6.38. The third kappa shape index (κ3) is 3.86. The van der Waals surface area contributed by atoms with E-state index in [1.54, 1.807) is 0 Å². The van der Waals surface area contributed by atoms with Crippen LogP contribution in [0.4, 0.5) is 0 Å². The first-order chi connectivity index (χ1) is 8.90. The van der Waals surface area contributed by atoms with Crippen molar-refractivity contribution in [3.63, 3.8) is 0 Å². The van der Waals surface area contributed by atoms with Crippen LogP contribution < -0.4 is 4.74 Å². The molecule has 0 unspecified atom stereocenters. The maximum absolute atomic E-state index is 11.8. The molecule has 1 saturated carbocycles. The van der Waals surface area contributed by atoms with Crippen LogP contribution in [0.2, 0.25) is 6.32 Å². The highest BCUT2D eigenvalue weighted by molar-refractivity contribution is 6.24. The minimum atomic E-state index is -0.0395. The number of carbonyl (C=O) groups is 1. The van der Waals surface area contributed by atoms with E-state index >= 15 is 0 Å². The van der Waals surface area contributed by atoms with Crippen molar-refractivity contribution in [3.05, 3.63) is 29.3 Å². The van der Waals surface area contributed by atoms with Gasteiger partial charge in [-0.15, -0.1) is 0 Å². The van der Waals surface area contributed by atoms with Gasteiger partial charge in [0.25, 0.3) is 0 Å². The number of hydrogen-bond acceptors (Lipinski definition) is 2. The van der Waals surface area contributed by atoms with Crippen LogP contribution in [0.15, 0.2) is 18.2 Å². The van der Waals surface area contributed by atoms with Crippen LogP contribution in [-0.4, -0.2) is 20.2 Å². The molecule has 1 aliphatic rings. The molecule has 0 saturated heterocycles. The molecule has 1 fully saturated rings. The van der Waals surface area contributed by atoms with E-state index in [1.165, 1.54) is 12.8 Å². The summed E-state index contributed by atoms with van der Waals surface area (Å²) in [6, 6.07) is 5.78. The van der Waals surface area contributed by atoms with Gasteiger partial charge in [0.05, 0.1) is 14.5 Å². The predicted octanol–water partition coefficient (Wildman–Crippen LogP) is 3.54. The number of ether oxygens (including phenoxy) is 1. The number of rotatable bonds is 5. The summed E-state index contributed by atoms with van der Waals surface area (Å²) in [5, 5.41) is 0. The van der Waals surface area contributed by atoms with Gasteiger partial charge in [-0.2, -0.15) is 0 Å². The summed E-state index contributed by atoms with van der Waals surface area (Å²) in [7, 11) is 5.46. The fourth-order valence-corrected chi connectivity index (χ4v) is 1.89. The van der Waals surface area contributed by atoms with Crippen LogP contribution in [0.1, 0.15) is 49.5 Å². The Bertz CT molecular complexity index is 470. The molecule has 1 aromatic rings.